The van der Waals surface area contributed by atoms with Gasteiger partial charge in [-0.05, 0) is 19.1 Å². The van der Waals surface area contributed by atoms with Crippen LogP contribution in [0.3, 0.4) is 0 Å². The van der Waals surface area contributed by atoms with E-state index in [1.54, 1.807) is 26.3 Å². The number of anilines is 1. The van der Waals surface area contributed by atoms with E-state index in [0.717, 1.165) is 5.75 Å². The lowest BCUT2D eigenvalue weighted by Gasteiger charge is -2.10. The predicted molar refractivity (Wildman–Crippen MR) is 80.0 cm³/mol. The van der Waals surface area contributed by atoms with E-state index in [0.29, 0.717) is 36.5 Å². The molecule has 1 N–H and O–H groups in total. The maximum atomic E-state index is 5.76. The van der Waals surface area contributed by atoms with E-state index in [1.807, 2.05) is 25.1 Å². The molecule has 0 spiro atoms. The summed E-state index contributed by atoms with van der Waals surface area (Å²) in [6, 6.07) is 9.08. The van der Waals surface area contributed by atoms with Crippen molar-refractivity contribution in [3.8, 4) is 17.4 Å². The van der Waals surface area contributed by atoms with Crippen molar-refractivity contribution in [2.45, 2.75) is 13.5 Å². The van der Waals surface area contributed by atoms with Gasteiger partial charge in [0, 0.05) is 25.8 Å². The standard InChI is InChI=1S/C15H19N3O3/c1-4-20-10-14-17-13(16-2)9-15(18-14)21-12-7-5-6-11(8-12)19-3/h5-9H,4,10H2,1-3H3,(H,16,17,18). The minimum Gasteiger partial charge on any atom is -0.497 e. The van der Waals surface area contributed by atoms with Crippen LogP contribution in [0.2, 0.25) is 0 Å². The van der Waals surface area contributed by atoms with Crippen LogP contribution in [0.4, 0.5) is 5.82 Å². The van der Waals surface area contributed by atoms with Crippen molar-refractivity contribution in [1.82, 2.24) is 9.97 Å². The fourth-order valence-corrected chi connectivity index (χ4v) is 1.70. The molecule has 0 radical (unpaired) electrons. The number of aromatic nitrogens is 2. The Morgan fingerprint density at radius 3 is 2.67 bits per heavy atom. The average Bonchev–Trinajstić information content (AvgIpc) is 2.52. The second-order valence-electron chi connectivity index (χ2n) is 4.18. The molecule has 0 aliphatic carbocycles. The largest absolute Gasteiger partial charge is 0.497 e. The number of nitrogens with one attached hydrogen (secondary N) is 1. The van der Waals surface area contributed by atoms with Crippen molar-refractivity contribution in [3.63, 3.8) is 0 Å². The first-order valence-electron chi connectivity index (χ1n) is 6.70. The van der Waals surface area contributed by atoms with E-state index in [-0.39, 0.29) is 0 Å². The highest BCUT2D eigenvalue weighted by Gasteiger charge is 2.07. The predicted octanol–water partition coefficient (Wildman–Crippen LogP) is 2.86. The number of hydrogen-bond acceptors (Lipinski definition) is 6. The Kier molecular flexibility index (Phi) is 5.34. The second-order valence-corrected chi connectivity index (χ2v) is 4.18. The molecule has 1 aromatic carbocycles. The zero-order valence-corrected chi connectivity index (χ0v) is 12.4. The molecule has 0 fully saturated rings. The minimum atomic E-state index is 0.348. The molecule has 0 amide bonds. The zero-order valence-electron chi connectivity index (χ0n) is 12.4. The fraction of sp³-hybridized carbons (Fsp3) is 0.333. The Bertz CT molecular complexity index is 590. The van der Waals surface area contributed by atoms with Crippen molar-refractivity contribution >= 4 is 5.82 Å². The number of ether oxygens (including phenoxy) is 3. The average molecular weight is 289 g/mol. The maximum absolute atomic E-state index is 5.76. The van der Waals surface area contributed by atoms with Gasteiger partial charge in [0.25, 0.3) is 0 Å². The third-order valence-electron chi connectivity index (χ3n) is 2.70. The van der Waals surface area contributed by atoms with Crippen LogP contribution in [-0.2, 0) is 11.3 Å². The lowest BCUT2D eigenvalue weighted by molar-refractivity contribution is 0.128. The summed E-state index contributed by atoms with van der Waals surface area (Å²) in [6.45, 7) is 2.88. The minimum absolute atomic E-state index is 0.348. The van der Waals surface area contributed by atoms with Crippen molar-refractivity contribution in [1.29, 1.82) is 0 Å². The quantitative estimate of drug-likeness (QED) is 0.845. The Morgan fingerprint density at radius 1 is 1.14 bits per heavy atom. The van der Waals surface area contributed by atoms with E-state index in [1.165, 1.54) is 0 Å². The van der Waals surface area contributed by atoms with Gasteiger partial charge in [0.2, 0.25) is 5.88 Å². The molecule has 0 saturated carbocycles. The van der Waals surface area contributed by atoms with Gasteiger partial charge in [-0.3, -0.25) is 0 Å². The van der Waals surface area contributed by atoms with Crippen LogP contribution in [0.5, 0.6) is 17.4 Å². The first-order chi connectivity index (χ1) is 10.2. The Hall–Kier alpha value is -2.34. The summed E-state index contributed by atoms with van der Waals surface area (Å²) >= 11 is 0. The summed E-state index contributed by atoms with van der Waals surface area (Å²) in [5, 5.41) is 2.98. The van der Waals surface area contributed by atoms with Gasteiger partial charge < -0.3 is 19.5 Å². The van der Waals surface area contributed by atoms with Gasteiger partial charge in [-0.1, -0.05) is 6.07 Å². The Labute approximate surface area is 124 Å². The smallest absolute Gasteiger partial charge is 0.224 e. The molecule has 1 heterocycles. The van der Waals surface area contributed by atoms with Crippen LogP contribution in [0, 0.1) is 0 Å². The topological polar surface area (TPSA) is 65.5 Å². The Balaban J connectivity index is 2.21. The van der Waals surface area contributed by atoms with Crippen LogP contribution in [0.1, 0.15) is 12.7 Å². The molecular weight excluding hydrogens is 270 g/mol. The summed E-state index contributed by atoms with van der Waals surface area (Å²) in [5.74, 6) is 3.08. The highest BCUT2D eigenvalue weighted by Crippen LogP contribution is 2.25. The zero-order chi connectivity index (χ0) is 15.1. The molecule has 2 rings (SSSR count). The van der Waals surface area contributed by atoms with Gasteiger partial charge in [-0.15, -0.1) is 0 Å². The Morgan fingerprint density at radius 2 is 1.95 bits per heavy atom. The van der Waals surface area contributed by atoms with Gasteiger partial charge >= 0.3 is 0 Å². The number of nitrogens with zero attached hydrogens (tertiary/aromatic N) is 2. The van der Waals surface area contributed by atoms with Crippen LogP contribution < -0.4 is 14.8 Å². The van der Waals surface area contributed by atoms with E-state index in [2.05, 4.69) is 15.3 Å². The number of hydrogen-bond donors (Lipinski definition) is 1. The van der Waals surface area contributed by atoms with Crippen LogP contribution in [0.15, 0.2) is 30.3 Å². The van der Waals surface area contributed by atoms with Crippen molar-refractivity contribution < 1.29 is 14.2 Å². The third kappa shape index (κ3) is 4.32. The van der Waals surface area contributed by atoms with Gasteiger partial charge in [0.1, 0.15) is 23.9 Å². The molecule has 0 atom stereocenters. The lowest BCUT2D eigenvalue weighted by Crippen LogP contribution is -2.04. The van der Waals surface area contributed by atoms with E-state index in [4.69, 9.17) is 14.2 Å². The molecule has 0 unspecified atom stereocenters. The summed E-state index contributed by atoms with van der Waals surface area (Å²) in [4.78, 5) is 8.64. The fourth-order valence-electron chi connectivity index (χ4n) is 1.70. The summed E-state index contributed by atoms with van der Waals surface area (Å²) in [7, 11) is 3.41. The van der Waals surface area contributed by atoms with Crippen LogP contribution >= 0.6 is 0 Å². The van der Waals surface area contributed by atoms with Gasteiger partial charge in [-0.2, -0.15) is 4.98 Å². The van der Waals surface area contributed by atoms with Crippen LogP contribution in [-0.4, -0.2) is 30.7 Å². The van der Waals surface area contributed by atoms with Crippen molar-refractivity contribution in [3.05, 3.63) is 36.2 Å². The number of methoxy groups -OCH3 is 1. The summed E-state index contributed by atoms with van der Waals surface area (Å²) in [6.07, 6.45) is 0. The molecule has 0 aliphatic heterocycles. The number of rotatable bonds is 7. The second kappa shape index (κ2) is 7.44. The molecule has 6 heteroatoms. The molecular formula is C15H19N3O3. The maximum Gasteiger partial charge on any atom is 0.224 e. The van der Waals surface area contributed by atoms with E-state index < -0.39 is 0 Å². The lowest BCUT2D eigenvalue weighted by atomic mass is 10.3. The van der Waals surface area contributed by atoms with Crippen molar-refractivity contribution in [2.75, 3.05) is 26.1 Å². The molecule has 21 heavy (non-hydrogen) atoms. The molecule has 112 valence electrons. The van der Waals surface area contributed by atoms with E-state index >= 15 is 0 Å². The normalized spacial score (nSPS) is 10.2. The molecule has 1 aromatic heterocycles. The highest BCUT2D eigenvalue weighted by molar-refractivity contribution is 5.40. The molecule has 2 aromatic rings. The van der Waals surface area contributed by atoms with Gasteiger partial charge in [-0.25, -0.2) is 4.98 Å². The first kappa shape index (κ1) is 15.1. The summed E-state index contributed by atoms with van der Waals surface area (Å²) < 4.78 is 16.3. The molecule has 0 bridgehead atoms. The highest BCUT2D eigenvalue weighted by atomic mass is 16.5. The number of benzene rings is 1. The van der Waals surface area contributed by atoms with Crippen molar-refractivity contribution in [2.24, 2.45) is 0 Å². The monoisotopic (exact) mass is 289 g/mol. The summed E-state index contributed by atoms with van der Waals surface area (Å²) in [5.41, 5.74) is 0. The van der Waals surface area contributed by atoms with Gasteiger partial charge in [0.05, 0.1) is 7.11 Å². The van der Waals surface area contributed by atoms with E-state index in [9.17, 15) is 0 Å². The van der Waals surface area contributed by atoms with Gasteiger partial charge in [0.15, 0.2) is 5.82 Å². The molecule has 6 nitrogen and oxygen atoms in total. The molecule has 0 saturated heterocycles. The third-order valence-corrected chi connectivity index (χ3v) is 2.70. The molecule has 0 aliphatic rings. The first-order valence-corrected chi connectivity index (χ1v) is 6.70. The van der Waals surface area contributed by atoms with Crippen LogP contribution in [0.25, 0.3) is 0 Å². The SMILES string of the molecule is CCOCc1nc(NC)cc(Oc2cccc(OC)c2)n1.